The summed E-state index contributed by atoms with van der Waals surface area (Å²) >= 11 is 0. The van der Waals surface area contributed by atoms with Gasteiger partial charge in [-0.2, -0.15) is 0 Å². The number of ether oxygens (including phenoxy) is 1. The second-order valence-electron chi connectivity index (χ2n) is 8.27. The van der Waals surface area contributed by atoms with Crippen molar-refractivity contribution in [3.8, 4) is 16.9 Å². The summed E-state index contributed by atoms with van der Waals surface area (Å²) in [6, 6.07) is 16.5. The molecule has 2 aliphatic heterocycles. The van der Waals surface area contributed by atoms with Crippen LogP contribution in [0.2, 0.25) is 0 Å². The third kappa shape index (κ3) is 2.77. The van der Waals surface area contributed by atoms with Gasteiger partial charge in [0.1, 0.15) is 11.4 Å². The molecule has 130 valence electrons. The van der Waals surface area contributed by atoms with Crippen molar-refractivity contribution in [2.75, 3.05) is 13.1 Å². The van der Waals surface area contributed by atoms with Crippen molar-refractivity contribution in [1.82, 2.24) is 4.90 Å². The molecule has 0 atom stereocenters. The molecular formula is C23H27NO. The minimum Gasteiger partial charge on any atom is -0.487 e. The van der Waals surface area contributed by atoms with Crippen LogP contribution in [0.25, 0.3) is 11.1 Å². The Balaban J connectivity index is 1.33. The minimum atomic E-state index is 0.0640. The van der Waals surface area contributed by atoms with Crippen LogP contribution in [0.1, 0.15) is 43.2 Å². The largest absolute Gasteiger partial charge is 0.487 e. The summed E-state index contributed by atoms with van der Waals surface area (Å²) in [6.07, 6.45) is 7.69. The molecule has 25 heavy (non-hydrogen) atoms. The van der Waals surface area contributed by atoms with E-state index in [4.69, 9.17) is 4.74 Å². The number of hydrogen-bond acceptors (Lipinski definition) is 2. The fraction of sp³-hybridized carbons (Fsp3) is 0.478. The van der Waals surface area contributed by atoms with E-state index < -0.39 is 0 Å². The molecule has 0 unspecified atom stereocenters. The van der Waals surface area contributed by atoms with Gasteiger partial charge in [-0.05, 0) is 48.6 Å². The third-order valence-corrected chi connectivity index (χ3v) is 6.58. The molecular weight excluding hydrogens is 306 g/mol. The van der Waals surface area contributed by atoms with Gasteiger partial charge in [0.25, 0.3) is 0 Å². The fourth-order valence-corrected chi connectivity index (χ4v) is 4.69. The van der Waals surface area contributed by atoms with Crippen molar-refractivity contribution in [2.45, 2.75) is 57.1 Å². The van der Waals surface area contributed by atoms with Gasteiger partial charge in [0, 0.05) is 38.4 Å². The molecule has 5 rings (SSSR count). The van der Waals surface area contributed by atoms with Crippen LogP contribution in [-0.2, 0) is 6.42 Å². The highest BCUT2D eigenvalue weighted by molar-refractivity contribution is 5.66. The van der Waals surface area contributed by atoms with Crippen LogP contribution >= 0.6 is 0 Å². The molecule has 0 radical (unpaired) electrons. The molecule has 2 fully saturated rings. The Morgan fingerprint density at radius 1 is 0.960 bits per heavy atom. The number of benzene rings is 2. The van der Waals surface area contributed by atoms with E-state index in [0.717, 1.165) is 18.2 Å². The van der Waals surface area contributed by atoms with Gasteiger partial charge in [0.2, 0.25) is 0 Å². The first-order valence-electron chi connectivity index (χ1n) is 9.84. The van der Waals surface area contributed by atoms with E-state index in [2.05, 4.69) is 54.3 Å². The highest BCUT2D eigenvalue weighted by Crippen LogP contribution is 2.43. The van der Waals surface area contributed by atoms with Gasteiger partial charge in [-0.3, -0.25) is 0 Å². The van der Waals surface area contributed by atoms with E-state index in [-0.39, 0.29) is 5.60 Å². The zero-order chi connectivity index (χ0) is 16.9. The average Bonchev–Trinajstić information content (AvgIpc) is 2.93. The Morgan fingerprint density at radius 3 is 2.36 bits per heavy atom. The van der Waals surface area contributed by atoms with E-state index in [1.165, 1.54) is 67.4 Å². The van der Waals surface area contributed by atoms with Gasteiger partial charge >= 0.3 is 0 Å². The maximum Gasteiger partial charge on any atom is 0.123 e. The lowest BCUT2D eigenvalue weighted by Gasteiger charge is -2.45. The molecule has 0 N–H and O–H groups in total. The molecule has 3 aliphatic rings. The molecule has 2 aromatic rings. The van der Waals surface area contributed by atoms with Gasteiger partial charge in [-0.25, -0.2) is 0 Å². The molecule has 0 bridgehead atoms. The van der Waals surface area contributed by atoms with Crippen LogP contribution in [0.5, 0.6) is 5.75 Å². The van der Waals surface area contributed by atoms with E-state index >= 15 is 0 Å². The number of fused-ring (bicyclic) bond motifs is 1. The second kappa shape index (κ2) is 5.88. The number of aryl methyl sites for hydroxylation is 1. The second-order valence-corrected chi connectivity index (χ2v) is 8.27. The number of hydrogen-bond donors (Lipinski definition) is 0. The van der Waals surface area contributed by atoms with E-state index in [1.807, 2.05) is 0 Å². The van der Waals surface area contributed by atoms with Gasteiger partial charge in [0.05, 0.1) is 0 Å². The van der Waals surface area contributed by atoms with Gasteiger partial charge in [-0.1, -0.05) is 42.3 Å². The highest BCUT2D eigenvalue weighted by Gasteiger charge is 2.43. The molecule has 2 heterocycles. The number of piperidine rings is 1. The maximum atomic E-state index is 6.50. The number of rotatable bonds is 2. The first kappa shape index (κ1) is 15.5. The van der Waals surface area contributed by atoms with Gasteiger partial charge in [-0.15, -0.1) is 0 Å². The lowest BCUT2D eigenvalue weighted by molar-refractivity contribution is -0.00746. The standard InChI is InChI=1S/C23H27NO/c1-17-5-7-18(8-6-17)19-9-10-22-20(15-19)16-23(25-22)11-13-24(14-12-23)21-3-2-4-21/h5-10,15,21H,2-4,11-14,16H2,1H3. The lowest BCUT2D eigenvalue weighted by atomic mass is 9.83. The maximum absolute atomic E-state index is 6.50. The van der Waals surface area contributed by atoms with Crippen LogP contribution in [0.3, 0.4) is 0 Å². The van der Waals surface area contributed by atoms with Crippen LogP contribution in [0, 0.1) is 6.92 Å². The molecule has 0 aromatic heterocycles. The summed E-state index contributed by atoms with van der Waals surface area (Å²) in [7, 11) is 0. The first-order valence-corrected chi connectivity index (χ1v) is 9.84. The predicted molar refractivity (Wildman–Crippen MR) is 102 cm³/mol. The van der Waals surface area contributed by atoms with Crippen molar-refractivity contribution in [1.29, 1.82) is 0 Å². The monoisotopic (exact) mass is 333 g/mol. The Labute approximate surface area is 150 Å². The van der Waals surface area contributed by atoms with Crippen molar-refractivity contribution in [2.24, 2.45) is 0 Å². The molecule has 2 heteroatoms. The van der Waals surface area contributed by atoms with Crippen molar-refractivity contribution < 1.29 is 4.74 Å². The number of likely N-dealkylation sites (tertiary alicyclic amines) is 1. The Hall–Kier alpha value is -1.80. The van der Waals surface area contributed by atoms with E-state index in [9.17, 15) is 0 Å². The molecule has 2 aromatic carbocycles. The Morgan fingerprint density at radius 2 is 1.68 bits per heavy atom. The molecule has 1 saturated heterocycles. The highest BCUT2D eigenvalue weighted by atomic mass is 16.5. The number of nitrogens with zero attached hydrogens (tertiary/aromatic N) is 1. The predicted octanol–water partition coefficient (Wildman–Crippen LogP) is 4.98. The molecule has 2 nitrogen and oxygen atoms in total. The zero-order valence-corrected chi connectivity index (χ0v) is 15.1. The normalized spacial score (nSPS) is 22.4. The summed E-state index contributed by atoms with van der Waals surface area (Å²) in [4.78, 5) is 2.71. The molecule has 0 amide bonds. The quantitative estimate of drug-likeness (QED) is 0.768. The summed E-state index contributed by atoms with van der Waals surface area (Å²) in [5.41, 5.74) is 5.38. The Kier molecular flexibility index (Phi) is 3.63. The smallest absolute Gasteiger partial charge is 0.123 e. The summed E-state index contributed by atoms with van der Waals surface area (Å²) < 4.78 is 6.50. The fourth-order valence-electron chi connectivity index (χ4n) is 4.69. The summed E-state index contributed by atoms with van der Waals surface area (Å²) in [6.45, 7) is 4.56. The molecule has 1 saturated carbocycles. The summed E-state index contributed by atoms with van der Waals surface area (Å²) in [5, 5.41) is 0. The minimum absolute atomic E-state index is 0.0640. The molecule has 1 aliphatic carbocycles. The summed E-state index contributed by atoms with van der Waals surface area (Å²) in [5.74, 6) is 1.12. The van der Waals surface area contributed by atoms with Gasteiger partial charge < -0.3 is 9.64 Å². The zero-order valence-electron chi connectivity index (χ0n) is 15.1. The van der Waals surface area contributed by atoms with Crippen molar-refractivity contribution in [3.63, 3.8) is 0 Å². The molecule has 1 spiro atoms. The van der Waals surface area contributed by atoms with Crippen molar-refractivity contribution in [3.05, 3.63) is 53.6 Å². The van der Waals surface area contributed by atoms with E-state index in [1.54, 1.807) is 0 Å². The average molecular weight is 333 g/mol. The van der Waals surface area contributed by atoms with Crippen LogP contribution < -0.4 is 4.74 Å². The topological polar surface area (TPSA) is 12.5 Å². The SMILES string of the molecule is Cc1ccc(-c2ccc3c(c2)CC2(CCN(C4CCC4)CC2)O3)cc1. The van der Waals surface area contributed by atoms with E-state index in [0.29, 0.717) is 0 Å². The van der Waals surface area contributed by atoms with Crippen LogP contribution in [-0.4, -0.2) is 29.6 Å². The first-order chi connectivity index (χ1) is 12.2. The van der Waals surface area contributed by atoms with Crippen LogP contribution in [0.15, 0.2) is 42.5 Å². The Bertz CT molecular complexity index is 767. The van der Waals surface area contributed by atoms with Crippen molar-refractivity contribution >= 4 is 0 Å². The van der Waals surface area contributed by atoms with Gasteiger partial charge in [0.15, 0.2) is 0 Å². The lowest BCUT2D eigenvalue weighted by Crippen LogP contribution is -2.52. The third-order valence-electron chi connectivity index (χ3n) is 6.58. The van der Waals surface area contributed by atoms with Crippen LogP contribution in [0.4, 0.5) is 0 Å².